The van der Waals surface area contributed by atoms with Gasteiger partial charge in [0.2, 0.25) is 11.8 Å². The fourth-order valence-corrected chi connectivity index (χ4v) is 2.75. The third-order valence-corrected chi connectivity index (χ3v) is 4.14. The summed E-state index contributed by atoms with van der Waals surface area (Å²) in [5.41, 5.74) is 9.34. The number of pyridine rings is 1. The van der Waals surface area contributed by atoms with Crippen LogP contribution in [-0.2, 0) is 13.0 Å². The van der Waals surface area contributed by atoms with E-state index in [1.807, 2.05) is 41.1 Å². The van der Waals surface area contributed by atoms with Crippen molar-refractivity contribution in [3.63, 3.8) is 0 Å². The Bertz CT molecular complexity index is 1040. The molecular formula is C19H18N6O. The van der Waals surface area contributed by atoms with Crippen LogP contribution in [0.25, 0.3) is 23.0 Å². The summed E-state index contributed by atoms with van der Waals surface area (Å²) in [6.07, 6.45) is 6.36. The first kappa shape index (κ1) is 16.0. The normalized spacial score (nSPS) is 11.0. The van der Waals surface area contributed by atoms with Crippen molar-refractivity contribution < 1.29 is 4.42 Å². The molecule has 130 valence electrons. The van der Waals surface area contributed by atoms with Gasteiger partial charge >= 0.3 is 0 Å². The van der Waals surface area contributed by atoms with Crippen LogP contribution in [0.3, 0.4) is 0 Å². The van der Waals surface area contributed by atoms with Gasteiger partial charge < -0.3 is 14.7 Å². The number of para-hydroxylation sites is 1. The van der Waals surface area contributed by atoms with E-state index in [1.165, 1.54) is 5.56 Å². The standard InChI is InChI=1S/C19H18N6O/c1-2-13-7-8-21-16(11-13)18-22-9-10-25(18)12-17-23-24-19(26-17)14-5-3-4-6-15(14)20/h3-11H,2,12,20H2,1H3. The molecule has 0 saturated heterocycles. The smallest absolute Gasteiger partial charge is 0.249 e. The summed E-state index contributed by atoms with van der Waals surface area (Å²) in [5, 5.41) is 8.25. The molecule has 0 amide bonds. The van der Waals surface area contributed by atoms with E-state index in [0.717, 1.165) is 23.5 Å². The van der Waals surface area contributed by atoms with E-state index in [4.69, 9.17) is 10.2 Å². The summed E-state index contributed by atoms with van der Waals surface area (Å²) in [5.74, 6) is 1.65. The number of hydrogen-bond donors (Lipinski definition) is 1. The van der Waals surface area contributed by atoms with Crippen LogP contribution in [0.4, 0.5) is 5.69 Å². The lowest BCUT2D eigenvalue weighted by Gasteiger charge is -2.06. The van der Waals surface area contributed by atoms with Gasteiger partial charge in [-0.1, -0.05) is 19.1 Å². The number of nitrogens with zero attached hydrogens (tertiary/aromatic N) is 5. The summed E-state index contributed by atoms with van der Waals surface area (Å²) in [6.45, 7) is 2.52. The molecule has 0 spiro atoms. The quantitative estimate of drug-likeness (QED) is 0.558. The van der Waals surface area contributed by atoms with Gasteiger partial charge in [0, 0.05) is 24.3 Å². The molecule has 0 aliphatic heterocycles. The molecule has 0 saturated carbocycles. The van der Waals surface area contributed by atoms with E-state index < -0.39 is 0 Å². The highest BCUT2D eigenvalue weighted by Crippen LogP contribution is 2.24. The summed E-state index contributed by atoms with van der Waals surface area (Å²) in [6, 6.07) is 11.5. The summed E-state index contributed by atoms with van der Waals surface area (Å²) >= 11 is 0. The number of nitrogens with two attached hydrogens (primary N) is 1. The average Bonchev–Trinajstić information content (AvgIpc) is 3.32. The number of anilines is 1. The Morgan fingerprint density at radius 2 is 1.96 bits per heavy atom. The van der Waals surface area contributed by atoms with Crippen LogP contribution in [0.15, 0.2) is 59.4 Å². The molecule has 0 aliphatic rings. The Labute approximate surface area is 150 Å². The van der Waals surface area contributed by atoms with E-state index >= 15 is 0 Å². The molecule has 0 fully saturated rings. The van der Waals surface area contributed by atoms with Crippen molar-refractivity contribution >= 4 is 5.69 Å². The molecule has 26 heavy (non-hydrogen) atoms. The lowest BCUT2D eigenvalue weighted by Crippen LogP contribution is -2.02. The highest BCUT2D eigenvalue weighted by molar-refractivity contribution is 5.69. The van der Waals surface area contributed by atoms with Crippen molar-refractivity contribution in [3.8, 4) is 23.0 Å². The van der Waals surface area contributed by atoms with Crippen molar-refractivity contribution in [2.45, 2.75) is 19.9 Å². The van der Waals surface area contributed by atoms with Crippen LogP contribution >= 0.6 is 0 Å². The Hall–Kier alpha value is -3.48. The molecule has 7 heteroatoms. The Morgan fingerprint density at radius 3 is 2.81 bits per heavy atom. The van der Waals surface area contributed by atoms with Gasteiger partial charge in [0.25, 0.3) is 0 Å². The molecule has 0 aliphatic carbocycles. The van der Waals surface area contributed by atoms with Crippen molar-refractivity contribution in [2.75, 3.05) is 5.73 Å². The van der Waals surface area contributed by atoms with E-state index in [-0.39, 0.29) is 0 Å². The molecule has 0 unspecified atom stereocenters. The van der Waals surface area contributed by atoms with Gasteiger partial charge in [-0.15, -0.1) is 10.2 Å². The fraction of sp³-hybridized carbons (Fsp3) is 0.158. The molecule has 3 aromatic heterocycles. The molecule has 3 heterocycles. The highest BCUT2D eigenvalue weighted by Gasteiger charge is 2.14. The number of imidazole rings is 1. The predicted molar refractivity (Wildman–Crippen MR) is 98.1 cm³/mol. The van der Waals surface area contributed by atoms with Gasteiger partial charge in [0.1, 0.15) is 12.2 Å². The highest BCUT2D eigenvalue weighted by atomic mass is 16.4. The monoisotopic (exact) mass is 346 g/mol. The second-order valence-electron chi connectivity index (χ2n) is 5.87. The number of hydrogen-bond acceptors (Lipinski definition) is 6. The molecule has 0 bridgehead atoms. The molecular weight excluding hydrogens is 328 g/mol. The Balaban J connectivity index is 1.62. The lowest BCUT2D eigenvalue weighted by molar-refractivity contribution is 0.489. The second kappa shape index (κ2) is 6.79. The van der Waals surface area contributed by atoms with Gasteiger partial charge in [0.05, 0.1) is 5.56 Å². The first-order valence-corrected chi connectivity index (χ1v) is 8.38. The number of benzene rings is 1. The third kappa shape index (κ3) is 3.06. The predicted octanol–water partition coefficient (Wildman–Crippen LogP) is 3.19. The van der Waals surface area contributed by atoms with Crippen LogP contribution in [0.2, 0.25) is 0 Å². The number of aryl methyl sites for hydroxylation is 1. The number of nitrogen functional groups attached to an aromatic ring is 1. The average molecular weight is 346 g/mol. The van der Waals surface area contributed by atoms with E-state index in [2.05, 4.69) is 27.1 Å². The van der Waals surface area contributed by atoms with Crippen molar-refractivity contribution in [2.24, 2.45) is 0 Å². The largest absolute Gasteiger partial charge is 0.419 e. The van der Waals surface area contributed by atoms with Crippen molar-refractivity contribution in [1.29, 1.82) is 0 Å². The summed E-state index contributed by atoms with van der Waals surface area (Å²) in [7, 11) is 0. The second-order valence-corrected chi connectivity index (χ2v) is 5.87. The number of rotatable bonds is 5. The molecule has 0 atom stereocenters. The Kier molecular flexibility index (Phi) is 4.18. The van der Waals surface area contributed by atoms with Crippen LogP contribution in [0.1, 0.15) is 18.4 Å². The topological polar surface area (TPSA) is 95.7 Å². The summed E-state index contributed by atoms with van der Waals surface area (Å²) < 4.78 is 7.73. The zero-order valence-electron chi connectivity index (χ0n) is 14.3. The lowest BCUT2D eigenvalue weighted by atomic mass is 10.2. The molecule has 4 aromatic rings. The van der Waals surface area contributed by atoms with Gasteiger partial charge in [-0.3, -0.25) is 4.98 Å². The third-order valence-electron chi connectivity index (χ3n) is 4.14. The van der Waals surface area contributed by atoms with E-state index in [0.29, 0.717) is 24.0 Å². The first-order chi connectivity index (χ1) is 12.7. The van der Waals surface area contributed by atoms with Crippen molar-refractivity contribution in [3.05, 3.63) is 66.4 Å². The zero-order chi connectivity index (χ0) is 17.9. The van der Waals surface area contributed by atoms with Gasteiger partial charge in [0.15, 0.2) is 5.82 Å². The van der Waals surface area contributed by atoms with Crippen LogP contribution in [0, 0.1) is 0 Å². The molecule has 2 N–H and O–H groups in total. The first-order valence-electron chi connectivity index (χ1n) is 8.38. The minimum absolute atomic E-state index is 0.408. The van der Waals surface area contributed by atoms with E-state index in [9.17, 15) is 0 Å². The van der Waals surface area contributed by atoms with Gasteiger partial charge in [-0.25, -0.2) is 4.98 Å². The maximum Gasteiger partial charge on any atom is 0.249 e. The maximum absolute atomic E-state index is 5.97. The van der Waals surface area contributed by atoms with Gasteiger partial charge in [-0.05, 0) is 36.2 Å². The summed E-state index contributed by atoms with van der Waals surface area (Å²) in [4.78, 5) is 8.86. The van der Waals surface area contributed by atoms with Crippen LogP contribution in [-0.4, -0.2) is 24.7 Å². The minimum Gasteiger partial charge on any atom is -0.419 e. The maximum atomic E-state index is 5.97. The number of aromatic nitrogens is 5. The molecule has 4 rings (SSSR count). The van der Waals surface area contributed by atoms with Crippen molar-refractivity contribution in [1.82, 2.24) is 24.7 Å². The fourth-order valence-electron chi connectivity index (χ4n) is 2.75. The molecule has 1 aromatic carbocycles. The molecule has 0 radical (unpaired) electrons. The van der Waals surface area contributed by atoms with Crippen LogP contribution < -0.4 is 5.73 Å². The minimum atomic E-state index is 0.408. The molecule has 7 nitrogen and oxygen atoms in total. The van der Waals surface area contributed by atoms with Gasteiger partial charge in [-0.2, -0.15) is 0 Å². The van der Waals surface area contributed by atoms with Crippen LogP contribution in [0.5, 0.6) is 0 Å². The zero-order valence-corrected chi connectivity index (χ0v) is 14.3. The van der Waals surface area contributed by atoms with E-state index in [1.54, 1.807) is 18.5 Å². The Morgan fingerprint density at radius 1 is 1.08 bits per heavy atom. The SMILES string of the molecule is CCc1ccnc(-c2nccn2Cc2nnc(-c3ccccc3N)o2)c1.